The predicted molar refractivity (Wildman–Crippen MR) is 96.8 cm³/mol. The SMILES string of the molecule is COc1ccc([C@@H]2[C@@H]3CN(c4cccc(C(F)(F)F)n4)C[C@@H]3CN2C)cc1. The van der Waals surface area contributed by atoms with Crippen molar-refractivity contribution < 1.29 is 17.9 Å². The van der Waals surface area contributed by atoms with Crippen molar-refractivity contribution in [2.75, 3.05) is 38.7 Å². The average molecular weight is 377 g/mol. The fourth-order valence-electron chi connectivity index (χ4n) is 4.50. The molecule has 144 valence electrons. The summed E-state index contributed by atoms with van der Waals surface area (Å²) in [5.74, 6) is 2.01. The van der Waals surface area contributed by atoms with Crippen LogP contribution in [0.4, 0.5) is 19.0 Å². The molecule has 0 amide bonds. The molecule has 0 unspecified atom stereocenters. The fourth-order valence-corrected chi connectivity index (χ4v) is 4.50. The highest BCUT2D eigenvalue weighted by Crippen LogP contribution is 2.45. The van der Waals surface area contributed by atoms with E-state index >= 15 is 0 Å². The number of fused-ring (bicyclic) bond motifs is 1. The fraction of sp³-hybridized carbons (Fsp3) is 0.450. The summed E-state index contributed by atoms with van der Waals surface area (Å²) in [5, 5.41) is 0. The number of hydrogen-bond donors (Lipinski definition) is 0. The molecule has 7 heteroatoms. The number of methoxy groups -OCH3 is 1. The Hall–Kier alpha value is -2.28. The number of pyridine rings is 1. The lowest BCUT2D eigenvalue weighted by atomic mass is 9.89. The maximum atomic E-state index is 13.0. The lowest BCUT2D eigenvalue weighted by Crippen LogP contribution is -2.29. The highest BCUT2D eigenvalue weighted by Gasteiger charge is 2.46. The molecule has 2 aromatic rings. The minimum atomic E-state index is -4.42. The third-order valence-corrected chi connectivity index (χ3v) is 5.70. The molecule has 3 atom stereocenters. The maximum absolute atomic E-state index is 13.0. The molecule has 0 N–H and O–H groups in total. The standard InChI is InChI=1S/C20H22F3N3O/c1-25-10-14-11-26(18-5-3-4-17(24-18)20(21,22)23)12-16(14)19(25)13-6-8-15(27-2)9-7-13/h3-9,14,16,19H,10-12H2,1-2H3/t14-,16+,19+/m0/s1. The molecule has 2 aliphatic rings. The molecule has 1 aromatic heterocycles. The van der Waals surface area contributed by atoms with Gasteiger partial charge in [-0.3, -0.25) is 4.90 Å². The summed E-state index contributed by atoms with van der Waals surface area (Å²) in [4.78, 5) is 8.20. The van der Waals surface area contributed by atoms with E-state index in [0.717, 1.165) is 24.9 Å². The van der Waals surface area contributed by atoms with Crippen LogP contribution >= 0.6 is 0 Å². The summed E-state index contributed by atoms with van der Waals surface area (Å²) in [6.07, 6.45) is -4.42. The number of nitrogens with zero attached hydrogens (tertiary/aromatic N) is 3. The average Bonchev–Trinajstić information content (AvgIpc) is 3.18. The van der Waals surface area contributed by atoms with E-state index in [4.69, 9.17) is 4.74 Å². The number of alkyl halides is 3. The van der Waals surface area contributed by atoms with Gasteiger partial charge in [0.1, 0.15) is 17.3 Å². The van der Waals surface area contributed by atoms with Crippen LogP contribution in [0.5, 0.6) is 5.75 Å². The smallest absolute Gasteiger partial charge is 0.433 e. The molecule has 2 fully saturated rings. The minimum Gasteiger partial charge on any atom is -0.497 e. The second-order valence-corrected chi connectivity index (χ2v) is 7.37. The van der Waals surface area contributed by atoms with Gasteiger partial charge in [-0.15, -0.1) is 0 Å². The van der Waals surface area contributed by atoms with Gasteiger partial charge in [-0.2, -0.15) is 13.2 Å². The maximum Gasteiger partial charge on any atom is 0.433 e. The third kappa shape index (κ3) is 3.36. The van der Waals surface area contributed by atoms with Crippen LogP contribution < -0.4 is 9.64 Å². The molecule has 2 aliphatic heterocycles. The van der Waals surface area contributed by atoms with E-state index in [1.807, 2.05) is 17.0 Å². The first-order valence-corrected chi connectivity index (χ1v) is 9.00. The summed E-state index contributed by atoms with van der Waals surface area (Å²) in [7, 11) is 3.75. The van der Waals surface area contributed by atoms with Crippen LogP contribution in [-0.4, -0.2) is 43.7 Å². The van der Waals surface area contributed by atoms with Crippen molar-refractivity contribution in [1.29, 1.82) is 0 Å². The summed E-state index contributed by atoms with van der Waals surface area (Å²) in [6, 6.07) is 12.4. The van der Waals surface area contributed by atoms with Gasteiger partial charge in [0, 0.05) is 31.6 Å². The normalized spacial score (nSPS) is 25.7. The van der Waals surface area contributed by atoms with Gasteiger partial charge in [-0.1, -0.05) is 18.2 Å². The van der Waals surface area contributed by atoms with Crippen molar-refractivity contribution in [2.24, 2.45) is 11.8 Å². The second kappa shape index (κ2) is 6.71. The Bertz CT molecular complexity index is 809. The van der Waals surface area contributed by atoms with Crippen molar-refractivity contribution in [3.63, 3.8) is 0 Å². The number of anilines is 1. The zero-order valence-electron chi connectivity index (χ0n) is 15.3. The van der Waals surface area contributed by atoms with E-state index in [1.54, 1.807) is 13.2 Å². The lowest BCUT2D eigenvalue weighted by Gasteiger charge is -2.27. The molecule has 4 rings (SSSR count). The van der Waals surface area contributed by atoms with E-state index in [0.29, 0.717) is 24.2 Å². The quantitative estimate of drug-likeness (QED) is 0.813. The van der Waals surface area contributed by atoms with Crippen LogP contribution in [0, 0.1) is 11.8 Å². The van der Waals surface area contributed by atoms with Gasteiger partial charge in [-0.25, -0.2) is 4.98 Å². The molecule has 27 heavy (non-hydrogen) atoms. The van der Waals surface area contributed by atoms with E-state index in [2.05, 4.69) is 29.1 Å². The minimum absolute atomic E-state index is 0.247. The van der Waals surface area contributed by atoms with Crippen LogP contribution in [-0.2, 0) is 6.18 Å². The van der Waals surface area contributed by atoms with Crippen molar-refractivity contribution in [3.8, 4) is 5.75 Å². The van der Waals surface area contributed by atoms with E-state index in [1.165, 1.54) is 11.6 Å². The molecule has 1 aromatic carbocycles. The zero-order valence-corrected chi connectivity index (χ0v) is 15.3. The van der Waals surface area contributed by atoms with E-state index in [-0.39, 0.29) is 6.04 Å². The number of halogens is 3. The molecule has 2 saturated heterocycles. The number of rotatable bonds is 3. The molecular formula is C20H22F3N3O. The molecule has 0 saturated carbocycles. The number of hydrogen-bond acceptors (Lipinski definition) is 4. The molecular weight excluding hydrogens is 355 g/mol. The van der Waals surface area contributed by atoms with E-state index < -0.39 is 11.9 Å². The number of benzene rings is 1. The third-order valence-electron chi connectivity index (χ3n) is 5.70. The molecule has 0 aliphatic carbocycles. The summed E-state index contributed by atoms with van der Waals surface area (Å²) in [6.45, 7) is 2.37. The van der Waals surface area contributed by atoms with Gasteiger partial charge < -0.3 is 9.64 Å². The highest BCUT2D eigenvalue weighted by atomic mass is 19.4. The Morgan fingerprint density at radius 1 is 1.04 bits per heavy atom. The first kappa shape index (κ1) is 18.1. The van der Waals surface area contributed by atoms with Gasteiger partial charge in [0.2, 0.25) is 0 Å². The Morgan fingerprint density at radius 3 is 2.44 bits per heavy atom. The van der Waals surface area contributed by atoms with Gasteiger partial charge >= 0.3 is 6.18 Å². The van der Waals surface area contributed by atoms with Gasteiger partial charge in [0.15, 0.2) is 0 Å². The molecule has 3 heterocycles. The first-order valence-electron chi connectivity index (χ1n) is 9.00. The van der Waals surface area contributed by atoms with Crippen LogP contribution in [0.3, 0.4) is 0 Å². The summed E-state index contributed by atoms with van der Waals surface area (Å²) in [5.41, 5.74) is 0.380. The Labute approximate surface area is 156 Å². The van der Waals surface area contributed by atoms with Crippen LogP contribution in [0.1, 0.15) is 17.3 Å². The monoisotopic (exact) mass is 377 g/mol. The molecule has 0 spiro atoms. The lowest BCUT2D eigenvalue weighted by molar-refractivity contribution is -0.141. The summed E-state index contributed by atoms with van der Waals surface area (Å²) >= 11 is 0. The van der Waals surface area contributed by atoms with Crippen LogP contribution in [0.2, 0.25) is 0 Å². The van der Waals surface area contributed by atoms with E-state index in [9.17, 15) is 13.2 Å². The largest absolute Gasteiger partial charge is 0.497 e. The van der Waals surface area contributed by atoms with Crippen molar-refractivity contribution in [3.05, 3.63) is 53.7 Å². The number of ether oxygens (including phenoxy) is 1. The Kier molecular flexibility index (Phi) is 4.50. The molecule has 4 nitrogen and oxygen atoms in total. The molecule has 0 bridgehead atoms. The Balaban J connectivity index is 1.56. The zero-order chi connectivity index (χ0) is 19.2. The number of likely N-dealkylation sites (tertiary alicyclic amines) is 1. The van der Waals surface area contributed by atoms with Gasteiger partial charge in [-0.05, 0) is 42.8 Å². The molecule has 0 radical (unpaired) electrons. The van der Waals surface area contributed by atoms with Gasteiger partial charge in [0.05, 0.1) is 7.11 Å². The summed E-state index contributed by atoms with van der Waals surface area (Å²) < 4.78 is 44.2. The Morgan fingerprint density at radius 2 is 1.78 bits per heavy atom. The predicted octanol–water partition coefficient (Wildman–Crippen LogP) is 3.85. The number of aromatic nitrogens is 1. The van der Waals surface area contributed by atoms with Crippen molar-refractivity contribution >= 4 is 5.82 Å². The van der Waals surface area contributed by atoms with Crippen LogP contribution in [0.25, 0.3) is 0 Å². The van der Waals surface area contributed by atoms with Crippen LogP contribution in [0.15, 0.2) is 42.5 Å². The second-order valence-electron chi connectivity index (χ2n) is 7.37. The van der Waals surface area contributed by atoms with Crippen molar-refractivity contribution in [1.82, 2.24) is 9.88 Å². The van der Waals surface area contributed by atoms with Gasteiger partial charge in [0.25, 0.3) is 0 Å². The van der Waals surface area contributed by atoms with Crippen molar-refractivity contribution in [2.45, 2.75) is 12.2 Å². The highest BCUT2D eigenvalue weighted by molar-refractivity contribution is 5.43. The first-order chi connectivity index (χ1) is 12.9. The topological polar surface area (TPSA) is 28.6 Å².